The topological polar surface area (TPSA) is 20.3 Å². The number of carbonyl (C=O) groups is 1. The lowest BCUT2D eigenvalue weighted by molar-refractivity contribution is -0.115. The van der Waals surface area contributed by atoms with Gasteiger partial charge >= 0.3 is 0 Å². The van der Waals surface area contributed by atoms with E-state index in [2.05, 4.69) is 0 Å². The van der Waals surface area contributed by atoms with Gasteiger partial charge in [-0.1, -0.05) is 35.3 Å². The smallest absolute Gasteiger partial charge is 0.238 e. The van der Waals surface area contributed by atoms with Crippen LogP contribution in [0.1, 0.15) is 10.9 Å². The molecule has 0 saturated carbocycles. The molecule has 0 aromatic heterocycles. The van der Waals surface area contributed by atoms with Crippen molar-refractivity contribution >= 4 is 46.6 Å². The number of halogens is 3. The normalized spacial score (nSPS) is 18.3. The second-order valence-electron chi connectivity index (χ2n) is 4.55. The van der Waals surface area contributed by atoms with E-state index in [0.29, 0.717) is 21.5 Å². The van der Waals surface area contributed by atoms with E-state index in [1.165, 1.54) is 23.9 Å². The fourth-order valence-corrected chi connectivity index (χ4v) is 3.93. The molecule has 0 bridgehead atoms. The second-order valence-corrected chi connectivity index (χ2v) is 6.40. The summed E-state index contributed by atoms with van der Waals surface area (Å²) in [4.78, 5) is 13.8. The molecular weight excluding hydrogens is 332 g/mol. The maximum Gasteiger partial charge on any atom is 0.238 e. The molecule has 1 heterocycles. The number of hydrogen-bond acceptors (Lipinski definition) is 2. The summed E-state index contributed by atoms with van der Waals surface area (Å²) in [7, 11) is 0. The minimum Gasteiger partial charge on any atom is -0.295 e. The zero-order chi connectivity index (χ0) is 15.0. The molecule has 2 nitrogen and oxygen atoms in total. The maximum atomic E-state index is 13.1. The van der Waals surface area contributed by atoms with Crippen LogP contribution < -0.4 is 4.90 Å². The van der Waals surface area contributed by atoms with E-state index in [-0.39, 0.29) is 17.1 Å². The van der Waals surface area contributed by atoms with Crippen molar-refractivity contribution in [3.8, 4) is 0 Å². The first-order chi connectivity index (χ1) is 10.1. The third-order valence-corrected chi connectivity index (χ3v) is 5.25. The largest absolute Gasteiger partial charge is 0.295 e. The number of anilines is 1. The molecule has 6 heteroatoms. The molecule has 2 aromatic rings. The molecule has 1 saturated heterocycles. The van der Waals surface area contributed by atoms with Gasteiger partial charge in [-0.2, -0.15) is 0 Å². The molecule has 1 fully saturated rings. The molecular formula is C15H10Cl2FNOS. The van der Waals surface area contributed by atoms with Crippen molar-refractivity contribution in [1.82, 2.24) is 0 Å². The van der Waals surface area contributed by atoms with Gasteiger partial charge in [0.05, 0.1) is 15.8 Å². The van der Waals surface area contributed by atoms with Crippen LogP contribution in [0.2, 0.25) is 10.0 Å². The molecule has 1 atom stereocenters. The van der Waals surface area contributed by atoms with Gasteiger partial charge < -0.3 is 0 Å². The first-order valence-corrected chi connectivity index (χ1v) is 8.01. The Bertz CT molecular complexity index is 693. The van der Waals surface area contributed by atoms with Crippen LogP contribution in [0.5, 0.6) is 0 Å². The Kier molecular flexibility index (Phi) is 4.11. The quantitative estimate of drug-likeness (QED) is 0.773. The van der Waals surface area contributed by atoms with Gasteiger partial charge in [0.25, 0.3) is 0 Å². The van der Waals surface area contributed by atoms with Crippen LogP contribution >= 0.6 is 35.0 Å². The van der Waals surface area contributed by atoms with Gasteiger partial charge in [0, 0.05) is 11.3 Å². The van der Waals surface area contributed by atoms with E-state index in [4.69, 9.17) is 23.2 Å². The minimum atomic E-state index is -0.338. The molecule has 0 spiro atoms. The van der Waals surface area contributed by atoms with Crippen molar-refractivity contribution in [2.45, 2.75) is 5.37 Å². The fraction of sp³-hybridized carbons (Fsp3) is 0.133. The summed E-state index contributed by atoms with van der Waals surface area (Å²) in [6.07, 6.45) is 0. The Morgan fingerprint density at radius 3 is 2.57 bits per heavy atom. The van der Waals surface area contributed by atoms with Crippen molar-refractivity contribution < 1.29 is 9.18 Å². The van der Waals surface area contributed by atoms with Gasteiger partial charge in [-0.15, -0.1) is 11.8 Å². The third-order valence-electron chi connectivity index (χ3n) is 3.22. The SMILES string of the molecule is O=C1CS[C@H](c2cccc(Cl)c2Cl)N1c1ccc(F)cc1. The predicted molar refractivity (Wildman–Crippen MR) is 85.5 cm³/mol. The van der Waals surface area contributed by atoms with Crippen molar-refractivity contribution in [2.75, 3.05) is 10.7 Å². The molecule has 1 amide bonds. The Labute approximate surface area is 135 Å². The molecule has 1 aliphatic heterocycles. The number of benzene rings is 2. The first kappa shape index (κ1) is 14.7. The highest BCUT2D eigenvalue weighted by atomic mass is 35.5. The molecule has 0 unspecified atom stereocenters. The van der Waals surface area contributed by atoms with Gasteiger partial charge in [-0.05, 0) is 30.3 Å². The van der Waals surface area contributed by atoms with Crippen LogP contribution in [0.4, 0.5) is 10.1 Å². The van der Waals surface area contributed by atoms with Gasteiger partial charge in [-0.25, -0.2) is 4.39 Å². The van der Waals surface area contributed by atoms with Crippen molar-refractivity contribution in [2.24, 2.45) is 0 Å². The summed E-state index contributed by atoms with van der Waals surface area (Å²) >= 11 is 13.8. The average Bonchev–Trinajstić information content (AvgIpc) is 2.85. The molecule has 1 aliphatic rings. The zero-order valence-corrected chi connectivity index (χ0v) is 13.1. The van der Waals surface area contributed by atoms with Crippen LogP contribution in [-0.4, -0.2) is 11.7 Å². The minimum absolute atomic E-state index is 0.0346. The Hall–Kier alpha value is -1.23. The molecule has 21 heavy (non-hydrogen) atoms. The molecule has 2 aromatic carbocycles. The summed E-state index contributed by atoms with van der Waals surface area (Å²) in [5, 5.41) is 0.640. The zero-order valence-electron chi connectivity index (χ0n) is 10.7. The van der Waals surface area contributed by atoms with Gasteiger partial charge in [0.2, 0.25) is 5.91 Å². The summed E-state index contributed by atoms with van der Waals surface area (Å²) in [6.45, 7) is 0. The van der Waals surface area contributed by atoms with Crippen LogP contribution in [0.15, 0.2) is 42.5 Å². The fourth-order valence-electron chi connectivity index (χ4n) is 2.25. The second kappa shape index (κ2) is 5.87. The average molecular weight is 342 g/mol. The molecule has 3 rings (SSSR count). The van der Waals surface area contributed by atoms with Crippen LogP contribution in [0, 0.1) is 5.82 Å². The van der Waals surface area contributed by atoms with Gasteiger partial charge in [0.15, 0.2) is 0 Å². The van der Waals surface area contributed by atoms with E-state index >= 15 is 0 Å². The molecule has 0 radical (unpaired) electrons. The Morgan fingerprint density at radius 1 is 1.14 bits per heavy atom. The maximum absolute atomic E-state index is 13.1. The summed E-state index contributed by atoms with van der Waals surface area (Å²) in [6, 6.07) is 11.2. The number of hydrogen-bond donors (Lipinski definition) is 0. The van der Waals surface area contributed by atoms with Gasteiger partial charge in [-0.3, -0.25) is 9.69 Å². The Balaban J connectivity index is 2.03. The number of rotatable bonds is 2. The highest BCUT2D eigenvalue weighted by Gasteiger charge is 2.35. The van der Waals surface area contributed by atoms with Crippen LogP contribution in [-0.2, 0) is 4.79 Å². The number of amides is 1. The van der Waals surface area contributed by atoms with Crippen molar-refractivity contribution in [3.05, 3.63) is 63.9 Å². The Morgan fingerprint density at radius 2 is 1.86 bits per heavy atom. The first-order valence-electron chi connectivity index (χ1n) is 6.21. The predicted octanol–water partition coefficient (Wildman–Crippen LogP) is 4.91. The van der Waals surface area contributed by atoms with Crippen LogP contribution in [0.3, 0.4) is 0 Å². The highest BCUT2D eigenvalue weighted by Crippen LogP contribution is 2.45. The van der Waals surface area contributed by atoms with E-state index in [0.717, 1.165) is 5.56 Å². The van der Waals surface area contributed by atoms with Gasteiger partial charge in [0.1, 0.15) is 11.2 Å². The monoisotopic (exact) mass is 341 g/mol. The number of carbonyl (C=O) groups excluding carboxylic acids is 1. The summed E-state index contributed by atoms with van der Waals surface area (Å²) in [5.41, 5.74) is 1.43. The highest BCUT2D eigenvalue weighted by molar-refractivity contribution is 8.00. The van der Waals surface area contributed by atoms with Crippen molar-refractivity contribution in [3.63, 3.8) is 0 Å². The van der Waals surface area contributed by atoms with Crippen molar-refractivity contribution in [1.29, 1.82) is 0 Å². The van der Waals surface area contributed by atoms with E-state index < -0.39 is 0 Å². The lowest BCUT2D eigenvalue weighted by Crippen LogP contribution is -2.27. The molecule has 0 N–H and O–H groups in total. The summed E-state index contributed by atoms with van der Waals surface area (Å²) in [5.74, 6) is -0.0201. The number of thioether (sulfide) groups is 1. The van der Waals surface area contributed by atoms with E-state index in [1.807, 2.05) is 6.07 Å². The van der Waals surface area contributed by atoms with Crippen LogP contribution in [0.25, 0.3) is 0 Å². The summed E-state index contributed by atoms with van der Waals surface area (Å²) < 4.78 is 13.1. The molecule has 108 valence electrons. The standard InChI is InChI=1S/C15H10Cl2FNOS/c16-12-3-1-2-11(14(12)17)15-19(13(20)8-21-15)10-6-4-9(18)5-7-10/h1-7,15H,8H2/t15-/m1/s1. The molecule has 0 aliphatic carbocycles. The van der Waals surface area contributed by atoms with E-state index in [9.17, 15) is 9.18 Å². The lowest BCUT2D eigenvalue weighted by atomic mass is 10.2. The number of nitrogens with zero attached hydrogens (tertiary/aromatic N) is 1. The third kappa shape index (κ3) is 2.76. The van der Waals surface area contributed by atoms with E-state index in [1.54, 1.807) is 29.2 Å². The lowest BCUT2D eigenvalue weighted by Gasteiger charge is -2.25.